The maximum atomic E-state index is 11.2. The Bertz CT molecular complexity index is 2400. The van der Waals surface area contributed by atoms with Crippen LogP contribution < -0.4 is 22.6 Å². The number of carbonyl (C=O) groups is 2. The number of H-pyrrole nitrogens is 4. The van der Waals surface area contributed by atoms with Gasteiger partial charge in [-0.1, -0.05) is 55.2 Å². The molecule has 5 heterocycles. The van der Waals surface area contributed by atoms with Gasteiger partial charge in [-0.15, -0.1) is 0 Å². The zero-order chi connectivity index (χ0) is 52.7. The molecule has 21 nitrogen and oxygen atoms in total. The van der Waals surface area contributed by atoms with E-state index < -0.39 is 23.1 Å². The molecule has 0 saturated heterocycles. The van der Waals surface area contributed by atoms with Crippen LogP contribution >= 0.6 is 66.5 Å². The number of aliphatic imine (C=N–C) groups is 1. The summed E-state index contributed by atoms with van der Waals surface area (Å²) < 4.78 is 23.8. The van der Waals surface area contributed by atoms with Crippen LogP contribution in [-0.4, -0.2) is 96.5 Å². The molecule has 8 N–H and O–H groups in total. The number of hydrogen-bond acceptors (Lipinski definition) is 16. The molecule has 2 unspecified atom stereocenters. The molecule has 68 heavy (non-hydrogen) atoms. The summed E-state index contributed by atoms with van der Waals surface area (Å²) in [6.45, 7) is 17.0. The highest BCUT2D eigenvalue weighted by molar-refractivity contribution is 9.09. The smallest absolute Gasteiger partial charge is 0.339 e. The summed E-state index contributed by atoms with van der Waals surface area (Å²) in [5.41, 5.74) is 12.0. The second kappa shape index (κ2) is 41.0. The number of nitrogen functional groups attached to an aromatic ring is 1. The van der Waals surface area contributed by atoms with E-state index in [0.29, 0.717) is 71.6 Å². The molecule has 0 aliphatic carbocycles. The lowest BCUT2D eigenvalue weighted by atomic mass is 9.99. The van der Waals surface area contributed by atoms with Gasteiger partial charge in [-0.3, -0.25) is 28.7 Å². The predicted molar refractivity (Wildman–Crippen MR) is 274 cm³/mol. The van der Waals surface area contributed by atoms with Gasteiger partial charge in [0.15, 0.2) is 0 Å². The molecule has 5 aromatic rings. The highest BCUT2D eigenvalue weighted by Crippen LogP contribution is 2.61. The van der Waals surface area contributed by atoms with Crippen molar-refractivity contribution >= 4 is 113 Å². The van der Waals surface area contributed by atoms with E-state index in [-0.39, 0.29) is 17.5 Å². The molecular weight excluding hydrogens is 1060 g/mol. The Kier molecular flexibility index (Phi) is 40.5. The molecule has 0 fully saturated rings. The number of rotatable bonds is 11. The minimum atomic E-state index is -3.22. The summed E-state index contributed by atoms with van der Waals surface area (Å²) in [5, 5.41) is 16.2. The van der Waals surface area contributed by atoms with Crippen LogP contribution in [0.2, 0.25) is 5.15 Å². The third kappa shape index (κ3) is 36.0. The Morgan fingerprint density at radius 1 is 0.868 bits per heavy atom. The van der Waals surface area contributed by atoms with Crippen molar-refractivity contribution < 1.29 is 28.4 Å². The Morgan fingerprint density at radius 3 is 1.81 bits per heavy atom. The van der Waals surface area contributed by atoms with E-state index in [1.807, 2.05) is 53.7 Å². The van der Waals surface area contributed by atoms with Crippen molar-refractivity contribution in [3.8, 4) is 12.1 Å². The van der Waals surface area contributed by atoms with Gasteiger partial charge in [0.05, 0.1) is 66.8 Å². The Balaban J connectivity index is -0.000000725. The van der Waals surface area contributed by atoms with Crippen molar-refractivity contribution in [2.24, 2.45) is 28.5 Å². The summed E-state index contributed by atoms with van der Waals surface area (Å²) in [6.07, 6.45) is 10.3. The van der Waals surface area contributed by atoms with E-state index in [1.54, 1.807) is 45.4 Å². The number of alkyl halides is 1. The number of esters is 2. The lowest BCUT2D eigenvalue weighted by molar-refractivity contribution is -0.146. The molecule has 0 aromatic carbocycles. The monoisotopic (exact) mass is 1110 g/mol. The molecule has 378 valence electrons. The molecule has 0 amide bonds. The number of nitriles is 2. The van der Waals surface area contributed by atoms with E-state index >= 15 is 0 Å². The third-order valence-corrected chi connectivity index (χ3v) is 8.25. The van der Waals surface area contributed by atoms with Crippen molar-refractivity contribution in [2.45, 2.75) is 80.8 Å². The first-order valence-electron chi connectivity index (χ1n) is 20.4. The molecule has 27 heteroatoms. The van der Waals surface area contributed by atoms with Gasteiger partial charge in [-0.2, -0.15) is 10.5 Å². The summed E-state index contributed by atoms with van der Waals surface area (Å²) in [6, 6.07) is 7.16. The molecule has 0 radical (unpaired) electrons. The van der Waals surface area contributed by atoms with Gasteiger partial charge >= 0.3 is 17.1 Å². The molecule has 5 aromatic heterocycles. The molecule has 2 atom stereocenters. The van der Waals surface area contributed by atoms with Crippen molar-refractivity contribution in [1.29, 1.82) is 10.5 Å². The number of aromatic amines is 4. The van der Waals surface area contributed by atoms with Crippen LogP contribution in [0.3, 0.4) is 0 Å². The van der Waals surface area contributed by atoms with Crippen molar-refractivity contribution in [3.63, 3.8) is 0 Å². The van der Waals surface area contributed by atoms with Gasteiger partial charge in [0, 0.05) is 31.4 Å². The zero-order valence-corrected chi connectivity index (χ0v) is 44.8. The molecule has 0 saturated carbocycles. The van der Waals surface area contributed by atoms with E-state index in [2.05, 4.69) is 99.3 Å². The Hall–Kier alpha value is -5.06. The van der Waals surface area contributed by atoms with E-state index in [1.165, 1.54) is 25.3 Å². The van der Waals surface area contributed by atoms with Gasteiger partial charge in [-0.05, 0) is 98.2 Å². The number of nitrogens with zero attached hydrogens (tertiary/aromatic N) is 7. The number of nitrogens with two attached hydrogens (primary N) is 2. The molecular formula is C41H61BrCl4N13O8P. The number of aromatic nitrogens is 8. The van der Waals surface area contributed by atoms with Crippen LogP contribution in [-0.2, 0) is 34.8 Å². The van der Waals surface area contributed by atoms with E-state index in [9.17, 15) is 23.7 Å². The van der Waals surface area contributed by atoms with Crippen LogP contribution in [0.5, 0.6) is 0 Å². The SMILES string of the molecule is CC(C)Cc1c(N)nc[nH]c1=O.CCOC(=O)C(C#N)CC(C)C.CCOC(=O)CC#N.CCOC(C)CBr.CN=CN.Clc1ncnc2[nH]ccc12.O=P(Cl)(Cl)Cl.O=c1[nH]cnc2[nH]ccc12. The quantitative estimate of drug-likeness (QED) is 0.0180. The van der Waals surface area contributed by atoms with Gasteiger partial charge in [0.1, 0.15) is 40.9 Å². The van der Waals surface area contributed by atoms with Crippen molar-refractivity contribution in [1.82, 2.24) is 39.9 Å². The van der Waals surface area contributed by atoms with Gasteiger partial charge in [0.2, 0.25) is 0 Å². The fraction of sp³-hybridized carbons (Fsp3) is 0.488. The molecule has 0 spiro atoms. The molecule has 5 rings (SSSR count). The number of halogens is 5. The molecule has 0 bridgehead atoms. The first-order chi connectivity index (χ1) is 32.0. The lowest BCUT2D eigenvalue weighted by Crippen LogP contribution is -2.17. The fourth-order valence-electron chi connectivity index (χ4n) is 4.29. The largest absolute Gasteiger partial charge is 0.465 e. The third-order valence-electron chi connectivity index (χ3n) is 7.04. The average molecular weight is 1120 g/mol. The Morgan fingerprint density at radius 2 is 1.40 bits per heavy atom. The number of carbonyl (C=O) groups excluding carboxylic acids is 2. The zero-order valence-electron chi connectivity index (χ0n) is 39.3. The lowest BCUT2D eigenvalue weighted by Gasteiger charge is -2.09. The summed E-state index contributed by atoms with van der Waals surface area (Å²) in [7, 11) is 1.62. The highest BCUT2D eigenvalue weighted by Gasteiger charge is 2.20. The summed E-state index contributed by atoms with van der Waals surface area (Å²) in [5.74, 6) is -0.335. The minimum Gasteiger partial charge on any atom is -0.465 e. The van der Waals surface area contributed by atoms with E-state index in [4.69, 9.17) is 43.1 Å². The van der Waals surface area contributed by atoms with Crippen LogP contribution in [0.4, 0.5) is 5.82 Å². The van der Waals surface area contributed by atoms with Crippen LogP contribution in [0.1, 0.15) is 73.8 Å². The number of fused-ring (bicyclic) bond motifs is 2. The molecule has 0 aliphatic heterocycles. The standard InChI is InChI=1S/C9H15NO2.C8H13N3O.C6H4ClN3.C6H5N3O.C5H11BrO.C5H7NO2.C2H6N2.Cl3OP/c1-4-12-9(11)8(6-10)5-7(2)3;1-5(2)3-6-7(9)10-4-11-8(6)12;7-5-4-1-2-8-6(4)10-3-9-5;10-6-4-1-2-7-5(4)8-3-9-6;1-3-7-5(2)4-6;1-2-8-5(7)3-4-6;1-4-2-3;1-5(2,3)4/h7-8H,4-5H2,1-3H3;4-5H,3H2,1-2H3,(H3,9,10,11,12);1-3H,(H,8,9,10);1-3H,(H2,7,8,9,10);5H,3-4H2,1-2H3;2-3H2,1H3;2H,1H3,(H2,3,4);. The van der Waals surface area contributed by atoms with Gasteiger partial charge in [-0.25, -0.2) is 19.9 Å². The van der Waals surface area contributed by atoms with E-state index in [0.717, 1.165) is 23.0 Å². The topological polar surface area (TPSA) is 340 Å². The highest BCUT2D eigenvalue weighted by atomic mass is 79.9. The maximum Gasteiger partial charge on any atom is 0.339 e. The summed E-state index contributed by atoms with van der Waals surface area (Å²) in [4.78, 5) is 73.0. The van der Waals surface area contributed by atoms with Crippen LogP contribution in [0, 0.1) is 40.4 Å². The minimum absolute atomic E-state index is 0.105. The normalized spacial score (nSPS) is 10.9. The average Bonchev–Trinajstić information content (AvgIpc) is 3.97. The number of nitrogens with one attached hydrogen (secondary N) is 4. The first kappa shape index (κ1) is 67.2. The predicted octanol–water partition coefficient (Wildman–Crippen LogP) is 8.83. The van der Waals surface area contributed by atoms with Crippen molar-refractivity contribution in [3.05, 3.63) is 74.9 Å². The van der Waals surface area contributed by atoms with Crippen molar-refractivity contribution in [2.75, 3.05) is 37.9 Å². The number of ether oxygens (including phenoxy) is 3. The summed E-state index contributed by atoms with van der Waals surface area (Å²) >= 11 is 22.9. The second-order valence-electron chi connectivity index (χ2n) is 13.5. The Labute approximate surface area is 423 Å². The fourth-order valence-corrected chi connectivity index (χ4v) is 4.68. The van der Waals surface area contributed by atoms with Gasteiger partial charge in [0.25, 0.3) is 11.1 Å². The molecule has 0 aliphatic rings. The number of hydrogen-bond donors (Lipinski definition) is 6. The van der Waals surface area contributed by atoms with Gasteiger partial charge < -0.3 is 45.6 Å². The second-order valence-corrected chi connectivity index (χ2v) is 21.1. The first-order valence-corrected chi connectivity index (χ1v) is 26.3. The number of anilines is 1. The van der Waals surface area contributed by atoms with Crippen LogP contribution in [0.15, 0.2) is 58.1 Å². The van der Waals surface area contributed by atoms with Crippen LogP contribution in [0.25, 0.3) is 22.1 Å². The maximum absolute atomic E-state index is 11.2.